The van der Waals surface area contributed by atoms with Crippen molar-refractivity contribution in [3.8, 4) is 5.75 Å². The van der Waals surface area contributed by atoms with Gasteiger partial charge in [0.05, 0.1) is 54.5 Å². The fraction of sp³-hybridized carbons (Fsp3) is 0.486. The SMILES string of the molecule is CC.COc1c(C2CC2)n[nH]c1C(=O)N1CCC2(CC1)OCc1c2c(=O)n2nc(C3=CCOCC3)nc2n1CC(=O)Nc1ccc(C(F)(F)F)cc1Cl. The first kappa shape index (κ1) is 36.6. The second kappa shape index (κ2) is 14.2. The topological polar surface area (TPSA) is 158 Å². The fourth-order valence-electron chi connectivity index (χ4n) is 7.10. The molecule has 1 aliphatic carbocycles. The summed E-state index contributed by atoms with van der Waals surface area (Å²) in [6.45, 7) is 4.94. The molecule has 18 heteroatoms. The van der Waals surface area contributed by atoms with E-state index in [0.717, 1.165) is 46.8 Å². The quantitative estimate of drug-likeness (QED) is 0.255. The molecule has 3 aromatic heterocycles. The maximum absolute atomic E-state index is 14.3. The molecule has 6 heterocycles. The average Bonchev–Trinajstić information content (AvgIpc) is 3.57. The lowest BCUT2D eigenvalue weighted by atomic mass is 9.85. The maximum Gasteiger partial charge on any atom is 0.416 e. The van der Waals surface area contributed by atoms with Gasteiger partial charge in [-0.25, -0.2) is 0 Å². The predicted octanol–water partition coefficient (Wildman–Crippen LogP) is 5.30. The maximum atomic E-state index is 14.3. The van der Waals surface area contributed by atoms with E-state index >= 15 is 0 Å². The number of piperidine rings is 1. The molecule has 0 bridgehead atoms. The first-order chi connectivity index (χ1) is 25.5. The summed E-state index contributed by atoms with van der Waals surface area (Å²) < 4.78 is 59.7. The summed E-state index contributed by atoms with van der Waals surface area (Å²) >= 11 is 6.12. The summed E-state index contributed by atoms with van der Waals surface area (Å²) in [5.74, 6) is 0.247. The molecule has 0 atom stereocenters. The van der Waals surface area contributed by atoms with E-state index in [-0.39, 0.29) is 73.1 Å². The molecule has 0 unspecified atom stereocenters. The Bertz CT molecular complexity index is 2160. The lowest BCUT2D eigenvalue weighted by Crippen LogP contribution is -2.47. The monoisotopic (exact) mass is 758 g/mol. The third kappa shape index (κ3) is 6.69. The molecule has 1 aromatic carbocycles. The summed E-state index contributed by atoms with van der Waals surface area (Å²) in [6, 6.07) is 2.65. The van der Waals surface area contributed by atoms with Crippen molar-refractivity contribution in [3.63, 3.8) is 0 Å². The number of ether oxygens (including phenoxy) is 3. The molecule has 2 amide bonds. The highest BCUT2D eigenvalue weighted by Gasteiger charge is 2.48. The van der Waals surface area contributed by atoms with Crippen LogP contribution >= 0.6 is 11.6 Å². The van der Waals surface area contributed by atoms with Gasteiger partial charge in [0.2, 0.25) is 11.7 Å². The van der Waals surface area contributed by atoms with Gasteiger partial charge in [0.1, 0.15) is 17.8 Å². The number of amides is 2. The van der Waals surface area contributed by atoms with Crippen molar-refractivity contribution in [2.75, 3.05) is 38.7 Å². The van der Waals surface area contributed by atoms with Crippen LogP contribution < -0.4 is 15.6 Å². The van der Waals surface area contributed by atoms with Crippen LogP contribution in [-0.2, 0) is 39.2 Å². The Morgan fingerprint density at radius 1 is 1.19 bits per heavy atom. The van der Waals surface area contributed by atoms with Crippen LogP contribution in [0.3, 0.4) is 0 Å². The third-order valence-corrected chi connectivity index (χ3v) is 10.2. The zero-order valence-electron chi connectivity index (χ0n) is 29.3. The van der Waals surface area contributed by atoms with Crippen LogP contribution in [0, 0.1) is 0 Å². The van der Waals surface area contributed by atoms with Gasteiger partial charge in [-0.15, -0.1) is 5.10 Å². The Morgan fingerprint density at radius 3 is 2.58 bits per heavy atom. The highest BCUT2D eigenvalue weighted by atomic mass is 35.5. The van der Waals surface area contributed by atoms with Crippen LogP contribution in [0.1, 0.15) is 90.7 Å². The van der Waals surface area contributed by atoms with E-state index in [1.54, 1.807) is 9.47 Å². The predicted molar refractivity (Wildman–Crippen MR) is 186 cm³/mol. The molecule has 2 fully saturated rings. The number of nitrogens with one attached hydrogen (secondary N) is 2. The van der Waals surface area contributed by atoms with E-state index in [1.807, 2.05) is 19.9 Å². The van der Waals surface area contributed by atoms with Gasteiger partial charge in [-0.2, -0.15) is 27.8 Å². The van der Waals surface area contributed by atoms with E-state index in [2.05, 4.69) is 25.6 Å². The summed E-state index contributed by atoms with van der Waals surface area (Å²) in [4.78, 5) is 47.7. The molecule has 8 rings (SSSR count). The summed E-state index contributed by atoms with van der Waals surface area (Å²) in [5.41, 5.74) is 0.0634. The van der Waals surface area contributed by atoms with Gasteiger partial charge in [-0.3, -0.25) is 19.5 Å². The van der Waals surface area contributed by atoms with Crippen LogP contribution in [-0.4, -0.2) is 79.5 Å². The van der Waals surface area contributed by atoms with Gasteiger partial charge in [-0.05, 0) is 55.9 Å². The number of likely N-dealkylation sites (tertiary alicyclic amines) is 1. The number of benzene rings is 1. The van der Waals surface area contributed by atoms with Crippen LogP contribution in [0.4, 0.5) is 18.9 Å². The van der Waals surface area contributed by atoms with Gasteiger partial charge in [0, 0.05) is 19.0 Å². The van der Waals surface area contributed by atoms with Crippen molar-refractivity contribution >= 4 is 40.5 Å². The minimum Gasteiger partial charge on any atom is -0.492 e. The lowest BCUT2D eigenvalue weighted by molar-refractivity contribution is -0.137. The van der Waals surface area contributed by atoms with Gasteiger partial charge in [0.25, 0.3) is 11.5 Å². The van der Waals surface area contributed by atoms with Crippen molar-refractivity contribution in [2.24, 2.45) is 0 Å². The van der Waals surface area contributed by atoms with Crippen LogP contribution in [0.2, 0.25) is 5.02 Å². The Labute approximate surface area is 306 Å². The lowest BCUT2D eigenvalue weighted by Gasteiger charge is -2.38. The van der Waals surface area contributed by atoms with Crippen molar-refractivity contribution in [1.29, 1.82) is 0 Å². The standard InChI is InChI=1S/C33H32ClF3N8O6.C2H6/c1-49-27-25(17-2-3-17)40-41-26(27)30(48)43-10-8-32(9-11-43)24-22(16-51-32)44(15-23(46)38-21-5-4-19(14-20(21)34)33(35,36)37)31-39-28(42-45(31)29(24)47)18-6-12-50-13-7-18;1-2/h4-6,14,17H,2-3,7-13,15-16H2,1H3,(H,38,46)(H,40,41);1-2H3. The molecule has 1 spiro atoms. The normalized spacial score (nSPS) is 18.0. The number of aromatic nitrogens is 6. The highest BCUT2D eigenvalue weighted by Crippen LogP contribution is 2.46. The second-order valence-corrected chi connectivity index (χ2v) is 13.4. The van der Waals surface area contributed by atoms with Crippen molar-refractivity contribution in [2.45, 2.75) is 76.8 Å². The van der Waals surface area contributed by atoms with Gasteiger partial charge in [0.15, 0.2) is 17.3 Å². The van der Waals surface area contributed by atoms with Crippen molar-refractivity contribution in [3.05, 3.63) is 73.7 Å². The minimum atomic E-state index is -4.61. The number of fused-ring (bicyclic) bond motifs is 3. The summed E-state index contributed by atoms with van der Waals surface area (Å²) in [7, 11) is 1.51. The van der Waals surface area contributed by atoms with Crippen molar-refractivity contribution < 1.29 is 37.0 Å². The van der Waals surface area contributed by atoms with E-state index in [4.69, 9.17) is 25.8 Å². The number of carbonyl (C=O) groups is 2. The summed E-state index contributed by atoms with van der Waals surface area (Å²) in [6.07, 6.45) is 0.312. The Balaban J connectivity index is 0.00000214. The molecule has 0 radical (unpaired) electrons. The number of anilines is 1. The van der Waals surface area contributed by atoms with Crippen LogP contribution in [0.25, 0.3) is 11.4 Å². The molecule has 4 aromatic rings. The van der Waals surface area contributed by atoms with E-state index < -0.39 is 28.8 Å². The molecule has 53 heavy (non-hydrogen) atoms. The zero-order chi connectivity index (χ0) is 37.7. The molecule has 1 saturated heterocycles. The van der Waals surface area contributed by atoms with E-state index in [1.165, 1.54) is 7.11 Å². The number of nitrogens with zero attached hydrogens (tertiary/aromatic N) is 6. The Morgan fingerprint density at radius 2 is 1.94 bits per heavy atom. The van der Waals surface area contributed by atoms with Gasteiger partial charge >= 0.3 is 6.18 Å². The molecular weight excluding hydrogens is 721 g/mol. The molecular formula is C35H38ClF3N8O6. The number of methoxy groups -OCH3 is 1. The van der Waals surface area contributed by atoms with Crippen LogP contribution in [0.5, 0.6) is 5.75 Å². The van der Waals surface area contributed by atoms with Gasteiger partial charge in [-0.1, -0.05) is 31.5 Å². The number of alkyl halides is 3. The van der Waals surface area contributed by atoms with E-state index in [9.17, 15) is 27.6 Å². The molecule has 2 N–H and O–H groups in total. The number of aromatic amines is 1. The number of halogens is 4. The molecule has 3 aliphatic heterocycles. The molecule has 282 valence electrons. The second-order valence-electron chi connectivity index (χ2n) is 13.0. The minimum absolute atomic E-state index is 0.0131. The number of H-pyrrole nitrogens is 1. The first-order valence-electron chi connectivity index (χ1n) is 17.5. The molecule has 1 saturated carbocycles. The average molecular weight is 759 g/mol. The zero-order valence-corrected chi connectivity index (χ0v) is 30.1. The molecule has 14 nitrogen and oxygen atoms in total. The fourth-order valence-corrected chi connectivity index (χ4v) is 7.33. The smallest absolute Gasteiger partial charge is 0.416 e. The Hall–Kier alpha value is -4.74. The van der Waals surface area contributed by atoms with Gasteiger partial charge < -0.3 is 29.0 Å². The number of rotatable bonds is 7. The number of carbonyl (C=O) groups excluding carboxylic acids is 2. The first-order valence-corrected chi connectivity index (χ1v) is 17.9. The molecule has 4 aliphatic rings. The van der Waals surface area contributed by atoms with Crippen LogP contribution in [0.15, 0.2) is 29.1 Å². The largest absolute Gasteiger partial charge is 0.492 e. The summed E-state index contributed by atoms with van der Waals surface area (Å²) in [5, 5.41) is 14.0. The van der Waals surface area contributed by atoms with E-state index in [0.29, 0.717) is 42.5 Å². The number of hydrogen-bond acceptors (Lipinski definition) is 9. The Kier molecular flexibility index (Phi) is 9.84. The third-order valence-electron chi connectivity index (χ3n) is 9.90. The number of hydrogen-bond donors (Lipinski definition) is 2. The highest BCUT2D eigenvalue weighted by molar-refractivity contribution is 6.33. The van der Waals surface area contributed by atoms with Crippen molar-refractivity contribution in [1.82, 2.24) is 34.3 Å².